The highest BCUT2D eigenvalue weighted by molar-refractivity contribution is 7.89. The molecule has 0 saturated carbocycles. The van der Waals surface area contributed by atoms with Crippen molar-refractivity contribution in [2.24, 2.45) is 5.41 Å². The molecule has 1 aliphatic heterocycles. The first kappa shape index (κ1) is 15.2. The number of hydrogen-bond acceptors (Lipinski definition) is 3. The molecule has 20 heavy (non-hydrogen) atoms. The van der Waals surface area contributed by atoms with Crippen LogP contribution in [0.1, 0.15) is 13.3 Å². The number of benzene rings is 1. The van der Waals surface area contributed by atoms with Crippen LogP contribution in [-0.2, 0) is 14.8 Å². The summed E-state index contributed by atoms with van der Waals surface area (Å²) < 4.78 is 39.4. The van der Waals surface area contributed by atoms with Crippen LogP contribution in [0.2, 0.25) is 5.02 Å². The minimum Gasteiger partial charge on any atom is -0.481 e. The van der Waals surface area contributed by atoms with Crippen molar-refractivity contribution in [1.82, 2.24) is 4.31 Å². The molecule has 0 spiro atoms. The Hall–Kier alpha value is -1.18. The first-order valence-electron chi connectivity index (χ1n) is 5.85. The molecular formula is C12H13ClFNO4S. The first-order valence-corrected chi connectivity index (χ1v) is 7.67. The third-order valence-corrected chi connectivity index (χ3v) is 5.56. The molecule has 1 N–H and O–H groups in total. The molecule has 8 heteroatoms. The van der Waals surface area contributed by atoms with Crippen molar-refractivity contribution >= 4 is 27.6 Å². The largest absolute Gasteiger partial charge is 0.481 e. The zero-order valence-corrected chi connectivity index (χ0v) is 12.2. The van der Waals surface area contributed by atoms with Crippen LogP contribution in [0.5, 0.6) is 0 Å². The number of rotatable bonds is 3. The number of halogens is 2. The molecule has 110 valence electrons. The zero-order valence-electron chi connectivity index (χ0n) is 10.6. The van der Waals surface area contributed by atoms with E-state index in [-0.39, 0.29) is 24.5 Å². The van der Waals surface area contributed by atoms with Crippen molar-refractivity contribution in [1.29, 1.82) is 0 Å². The summed E-state index contributed by atoms with van der Waals surface area (Å²) in [7, 11) is -4.09. The average Bonchev–Trinajstić information content (AvgIpc) is 2.77. The number of nitrogens with zero attached hydrogens (tertiary/aromatic N) is 1. The molecule has 0 radical (unpaired) electrons. The van der Waals surface area contributed by atoms with E-state index in [0.717, 1.165) is 16.4 Å². The number of carboxylic acid groups (broad SMARTS) is 1. The Labute approximate surface area is 121 Å². The molecule has 1 atom stereocenters. The summed E-state index contributed by atoms with van der Waals surface area (Å²) in [5.74, 6) is -1.97. The van der Waals surface area contributed by atoms with E-state index in [9.17, 15) is 17.6 Å². The molecule has 0 aliphatic carbocycles. The van der Waals surface area contributed by atoms with Crippen LogP contribution in [0.15, 0.2) is 23.1 Å². The van der Waals surface area contributed by atoms with Gasteiger partial charge in [-0.25, -0.2) is 12.8 Å². The van der Waals surface area contributed by atoms with Gasteiger partial charge < -0.3 is 5.11 Å². The number of carbonyl (C=O) groups is 1. The Kier molecular flexibility index (Phi) is 3.79. The van der Waals surface area contributed by atoms with Crippen molar-refractivity contribution in [3.63, 3.8) is 0 Å². The maximum atomic E-state index is 13.7. The topological polar surface area (TPSA) is 74.7 Å². The maximum absolute atomic E-state index is 13.7. The molecule has 1 aromatic carbocycles. The molecule has 0 bridgehead atoms. The molecular weight excluding hydrogens is 309 g/mol. The summed E-state index contributed by atoms with van der Waals surface area (Å²) in [5.41, 5.74) is -1.15. The van der Waals surface area contributed by atoms with E-state index in [0.29, 0.717) is 0 Å². The average molecular weight is 322 g/mol. The van der Waals surface area contributed by atoms with E-state index in [2.05, 4.69) is 0 Å². The van der Waals surface area contributed by atoms with Crippen molar-refractivity contribution in [3.05, 3.63) is 29.0 Å². The zero-order chi connectivity index (χ0) is 15.1. The number of sulfonamides is 1. The minimum atomic E-state index is -4.09. The normalized spacial score (nSPS) is 23.9. The summed E-state index contributed by atoms with van der Waals surface area (Å²) in [6.45, 7) is 1.33. The fraction of sp³-hybridized carbons (Fsp3) is 0.417. The number of hydrogen-bond donors (Lipinski definition) is 1. The second-order valence-electron chi connectivity index (χ2n) is 5.03. The Bertz CT molecular complexity index is 663. The Morgan fingerprint density at radius 3 is 2.70 bits per heavy atom. The van der Waals surface area contributed by atoms with Gasteiger partial charge in [-0.05, 0) is 31.5 Å². The van der Waals surface area contributed by atoms with E-state index in [1.165, 1.54) is 13.0 Å². The SMILES string of the molecule is CC1(C(=O)O)CCN(S(=O)(=O)c2cc(Cl)ccc2F)C1. The lowest BCUT2D eigenvalue weighted by Crippen LogP contribution is -2.35. The van der Waals surface area contributed by atoms with Crippen LogP contribution in [0.3, 0.4) is 0 Å². The fourth-order valence-electron chi connectivity index (χ4n) is 2.11. The van der Waals surface area contributed by atoms with Crippen molar-refractivity contribution < 1.29 is 22.7 Å². The van der Waals surface area contributed by atoms with E-state index in [4.69, 9.17) is 16.7 Å². The van der Waals surface area contributed by atoms with E-state index < -0.39 is 32.1 Å². The second-order valence-corrected chi connectivity index (χ2v) is 7.37. The maximum Gasteiger partial charge on any atom is 0.310 e. The van der Waals surface area contributed by atoms with Crippen molar-refractivity contribution in [2.75, 3.05) is 13.1 Å². The van der Waals surface area contributed by atoms with Crippen molar-refractivity contribution in [3.8, 4) is 0 Å². The van der Waals surface area contributed by atoms with Gasteiger partial charge in [-0.2, -0.15) is 4.31 Å². The smallest absolute Gasteiger partial charge is 0.310 e. The molecule has 0 aromatic heterocycles. The lowest BCUT2D eigenvalue weighted by atomic mass is 9.90. The Morgan fingerprint density at radius 2 is 2.15 bits per heavy atom. The molecule has 1 fully saturated rings. The van der Waals surface area contributed by atoms with Crippen LogP contribution in [-0.4, -0.2) is 36.9 Å². The van der Waals surface area contributed by atoms with Crippen LogP contribution in [0.4, 0.5) is 4.39 Å². The Morgan fingerprint density at radius 1 is 1.50 bits per heavy atom. The lowest BCUT2D eigenvalue weighted by molar-refractivity contribution is -0.146. The van der Waals surface area contributed by atoms with Crippen LogP contribution < -0.4 is 0 Å². The highest BCUT2D eigenvalue weighted by Crippen LogP contribution is 2.34. The van der Waals surface area contributed by atoms with Gasteiger partial charge in [0.05, 0.1) is 5.41 Å². The summed E-state index contributed by atoms with van der Waals surface area (Å²) in [6.07, 6.45) is 0.184. The summed E-state index contributed by atoms with van der Waals surface area (Å²) >= 11 is 5.69. The third kappa shape index (κ3) is 2.53. The highest BCUT2D eigenvalue weighted by Gasteiger charge is 2.45. The fourth-order valence-corrected chi connectivity index (χ4v) is 4.00. The molecule has 0 amide bonds. The highest BCUT2D eigenvalue weighted by atomic mass is 35.5. The van der Waals surface area contributed by atoms with Gasteiger partial charge in [-0.1, -0.05) is 11.6 Å². The predicted octanol–water partition coefficient (Wildman–Crippen LogP) is 1.96. The van der Waals surface area contributed by atoms with Crippen LogP contribution in [0, 0.1) is 11.2 Å². The molecule has 1 aliphatic rings. The second kappa shape index (κ2) is 4.98. The van der Waals surface area contributed by atoms with Gasteiger partial charge in [-0.3, -0.25) is 4.79 Å². The summed E-state index contributed by atoms with van der Waals surface area (Å²) in [6, 6.07) is 3.26. The minimum absolute atomic E-state index is 0.0388. The standard InChI is InChI=1S/C12H13ClFNO4S/c1-12(11(16)17)4-5-15(7-12)20(18,19)10-6-8(13)2-3-9(10)14/h2-3,6H,4-5,7H2,1H3,(H,16,17). The van der Waals surface area contributed by atoms with Gasteiger partial charge in [0, 0.05) is 18.1 Å². The van der Waals surface area contributed by atoms with E-state index in [1.807, 2.05) is 0 Å². The third-order valence-electron chi connectivity index (χ3n) is 3.47. The molecule has 1 saturated heterocycles. The van der Waals surface area contributed by atoms with E-state index >= 15 is 0 Å². The van der Waals surface area contributed by atoms with Gasteiger partial charge in [0.25, 0.3) is 0 Å². The van der Waals surface area contributed by atoms with Gasteiger partial charge in [0.1, 0.15) is 10.7 Å². The summed E-state index contributed by atoms with van der Waals surface area (Å²) in [5, 5.41) is 9.21. The van der Waals surface area contributed by atoms with Gasteiger partial charge in [0.15, 0.2) is 0 Å². The van der Waals surface area contributed by atoms with Crippen molar-refractivity contribution in [2.45, 2.75) is 18.2 Å². The van der Waals surface area contributed by atoms with Crippen LogP contribution >= 0.6 is 11.6 Å². The number of aliphatic carboxylic acids is 1. The van der Waals surface area contributed by atoms with Crippen LogP contribution in [0.25, 0.3) is 0 Å². The first-order chi connectivity index (χ1) is 9.17. The monoisotopic (exact) mass is 321 g/mol. The van der Waals surface area contributed by atoms with Gasteiger partial charge in [-0.15, -0.1) is 0 Å². The van der Waals surface area contributed by atoms with Gasteiger partial charge >= 0.3 is 5.97 Å². The molecule has 1 heterocycles. The van der Waals surface area contributed by atoms with E-state index in [1.54, 1.807) is 0 Å². The molecule has 1 aromatic rings. The molecule has 1 unspecified atom stereocenters. The molecule has 5 nitrogen and oxygen atoms in total. The molecule has 2 rings (SSSR count). The quantitative estimate of drug-likeness (QED) is 0.923. The summed E-state index contributed by atoms with van der Waals surface area (Å²) in [4.78, 5) is 10.6. The Balaban J connectivity index is 2.38. The lowest BCUT2D eigenvalue weighted by Gasteiger charge is -2.20. The van der Waals surface area contributed by atoms with Gasteiger partial charge in [0.2, 0.25) is 10.0 Å². The number of carboxylic acids is 1. The predicted molar refractivity (Wildman–Crippen MR) is 70.5 cm³/mol.